The lowest BCUT2D eigenvalue weighted by Crippen LogP contribution is -2.39. The number of hydrogen-bond acceptors (Lipinski definition) is 2. The van der Waals surface area contributed by atoms with Gasteiger partial charge in [-0.15, -0.1) is 6.58 Å². The maximum absolute atomic E-state index is 12.9. The summed E-state index contributed by atoms with van der Waals surface area (Å²) in [6.45, 7) is 12.5. The summed E-state index contributed by atoms with van der Waals surface area (Å²) in [5, 5.41) is 0. The van der Waals surface area contributed by atoms with Crippen LogP contribution in [0.25, 0.3) is 0 Å². The Balaban J connectivity index is 2.45. The zero-order chi connectivity index (χ0) is 17.0. The standard InChI is InChI=1S/C19H24N2O2/c1-5-12-20(14(3)4)19(23)16-9-7-11-17-15(16)10-8-13-21(17)18(22)6-2/h5-7,9,11,14H,1-2,8,10,12-13H2,3-4H3. The summed E-state index contributed by atoms with van der Waals surface area (Å²) in [5.74, 6) is -0.132. The molecule has 4 nitrogen and oxygen atoms in total. The van der Waals surface area contributed by atoms with E-state index < -0.39 is 0 Å². The Bertz CT molecular complexity index is 634. The van der Waals surface area contributed by atoms with Gasteiger partial charge in [0.25, 0.3) is 5.91 Å². The SMILES string of the molecule is C=CCN(C(=O)c1cccc2c1CCCN2C(=O)C=C)C(C)C. The fourth-order valence-electron chi connectivity index (χ4n) is 2.99. The molecule has 1 aliphatic heterocycles. The molecule has 0 unspecified atom stereocenters. The van der Waals surface area contributed by atoms with Crippen LogP contribution in [0.4, 0.5) is 5.69 Å². The highest BCUT2D eigenvalue weighted by Crippen LogP contribution is 2.31. The van der Waals surface area contributed by atoms with E-state index in [1.54, 1.807) is 15.9 Å². The van der Waals surface area contributed by atoms with Crippen LogP contribution in [0, 0.1) is 0 Å². The zero-order valence-electron chi connectivity index (χ0n) is 13.9. The lowest BCUT2D eigenvalue weighted by atomic mass is 9.95. The first kappa shape index (κ1) is 17.0. The number of carbonyl (C=O) groups excluding carboxylic acids is 2. The molecule has 1 aromatic carbocycles. The molecule has 0 bridgehead atoms. The van der Waals surface area contributed by atoms with Crippen LogP contribution in [-0.2, 0) is 11.2 Å². The first-order valence-electron chi connectivity index (χ1n) is 7.99. The number of nitrogens with zero attached hydrogens (tertiary/aromatic N) is 2. The third-order valence-corrected chi connectivity index (χ3v) is 4.13. The Morgan fingerprint density at radius 2 is 2.09 bits per heavy atom. The molecule has 0 radical (unpaired) electrons. The van der Waals surface area contributed by atoms with Crippen molar-refractivity contribution in [2.75, 3.05) is 18.0 Å². The Kier molecular flexibility index (Phi) is 5.37. The largest absolute Gasteiger partial charge is 0.333 e. The molecule has 23 heavy (non-hydrogen) atoms. The second-order valence-corrected chi connectivity index (χ2v) is 5.94. The van der Waals surface area contributed by atoms with Crippen LogP contribution in [-0.4, -0.2) is 35.8 Å². The van der Waals surface area contributed by atoms with E-state index in [1.165, 1.54) is 6.08 Å². The third kappa shape index (κ3) is 3.36. The van der Waals surface area contributed by atoms with Crippen LogP contribution in [0.15, 0.2) is 43.5 Å². The van der Waals surface area contributed by atoms with Crippen molar-refractivity contribution >= 4 is 17.5 Å². The third-order valence-electron chi connectivity index (χ3n) is 4.13. The van der Waals surface area contributed by atoms with E-state index in [-0.39, 0.29) is 17.9 Å². The van der Waals surface area contributed by atoms with Crippen LogP contribution in [0.2, 0.25) is 0 Å². The van der Waals surface area contributed by atoms with Crippen LogP contribution in [0.5, 0.6) is 0 Å². The summed E-state index contributed by atoms with van der Waals surface area (Å²) < 4.78 is 0. The van der Waals surface area contributed by atoms with Gasteiger partial charge in [0.1, 0.15) is 0 Å². The number of anilines is 1. The Morgan fingerprint density at radius 3 is 2.70 bits per heavy atom. The van der Waals surface area contributed by atoms with Crippen LogP contribution < -0.4 is 4.90 Å². The van der Waals surface area contributed by atoms with Gasteiger partial charge in [-0.25, -0.2) is 0 Å². The number of benzene rings is 1. The first-order chi connectivity index (χ1) is 11.0. The van der Waals surface area contributed by atoms with Crippen molar-refractivity contribution in [3.8, 4) is 0 Å². The highest BCUT2D eigenvalue weighted by Gasteiger charge is 2.27. The summed E-state index contributed by atoms with van der Waals surface area (Å²) in [6.07, 6.45) is 4.71. The molecule has 122 valence electrons. The molecular formula is C19H24N2O2. The van der Waals surface area contributed by atoms with Crippen molar-refractivity contribution in [1.82, 2.24) is 4.90 Å². The van der Waals surface area contributed by atoms with Gasteiger partial charge in [0, 0.05) is 30.4 Å². The number of amides is 2. The molecule has 0 aliphatic carbocycles. The van der Waals surface area contributed by atoms with Crippen molar-refractivity contribution in [3.63, 3.8) is 0 Å². The van der Waals surface area contributed by atoms with Crippen molar-refractivity contribution in [3.05, 3.63) is 54.6 Å². The average molecular weight is 312 g/mol. The fourth-order valence-corrected chi connectivity index (χ4v) is 2.99. The van der Waals surface area contributed by atoms with Gasteiger partial charge in [0.15, 0.2) is 0 Å². The number of hydrogen-bond donors (Lipinski definition) is 0. The molecule has 1 aliphatic rings. The van der Waals surface area contributed by atoms with Gasteiger partial charge in [0.2, 0.25) is 5.91 Å². The van der Waals surface area contributed by atoms with Gasteiger partial charge < -0.3 is 9.80 Å². The zero-order valence-corrected chi connectivity index (χ0v) is 13.9. The molecule has 1 aromatic rings. The second kappa shape index (κ2) is 7.27. The van der Waals surface area contributed by atoms with Gasteiger partial charge in [-0.2, -0.15) is 0 Å². The van der Waals surface area contributed by atoms with Crippen LogP contribution >= 0.6 is 0 Å². The lowest BCUT2D eigenvalue weighted by molar-refractivity contribution is -0.114. The summed E-state index contributed by atoms with van der Waals surface area (Å²) in [7, 11) is 0. The van der Waals surface area contributed by atoms with E-state index in [4.69, 9.17) is 0 Å². The van der Waals surface area contributed by atoms with Crippen LogP contribution in [0.1, 0.15) is 36.2 Å². The Hall–Kier alpha value is -2.36. The van der Waals surface area contributed by atoms with Gasteiger partial charge >= 0.3 is 0 Å². The summed E-state index contributed by atoms with van der Waals surface area (Å²) in [5.41, 5.74) is 2.46. The molecule has 0 atom stereocenters. The molecule has 0 fully saturated rings. The quantitative estimate of drug-likeness (QED) is 0.619. The molecule has 0 N–H and O–H groups in total. The second-order valence-electron chi connectivity index (χ2n) is 5.94. The summed E-state index contributed by atoms with van der Waals surface area (Å²) >= 11 is 0. The predicted octanol–water partition coefficient (Wildman–Crippen LogP) is 3.19. The first-order valence-corrected chi connectivity index (χ1v) is 7.99. The number of rotatable bonds is 5. The highest BCUT2D eigenvalue weighted by molar-refractivity contribution is 6.04. The molecule has 1 heterocycles. The highest BCUT2D eigenvalue weighted by atomic mass is 16.2. The lowest BCUT2D eigenvalue weighted by Gasteiger charge is -2.32. The summed E-state index contributed by atoms with van der Waals surface area (Å²) in [6, 6.07) is 5.68. The van der Waals surface area contributed by atoms with E-state index in [1.807, 2.05) is 32.0 Å². The minimum Gasteiger partial charge on any atom is -0.333 e. The fraction of sp³-hybridized carbons (Fsp3) is 0.368. The normalized spacial score (nSPS) is 13.4. The van der Waals surface area contributed by atoms with Crippen molar-refractivity contribution in [2.24, 2.45) is 0 Å². The van der Waals surface area contributed by atoms with E-state index in [0.29, 0.717) is 18.7 Å². The van der Waals surface area contributed by atoms with Gasteiger partial charge in [-0.1, -0.05) is 18.7 Å². The van der Waals surface area contributed by atoms with Crippen molar-refractivity contribution in [2.45, 2.75) is 32.7 Å². The molecule has 0 aromatic heterocycles. The molecule has 0 spiro atoms. The number of carbonyl (C=O) groups is 2. The Morgan fingerprint density at radius 1 is 1.35 bits per heavy atom. The minimum atomic E-state index is -0.123. The van der Waals surface area contributed by atoms with Gasteiger partial charge in [0.05, 0.1) is 0 Å². The van der Waals surface area contributed by atoms with Crippen molar-refractivity contribution in [1.29, 1.82) is 0 Å². The smallest absolute Gasteiger partial charge is 0.254 e. The van der Waals surface area contributed by atoms with Crippen molar-refractivity contribution < 1.29 is 9.59 Å². The number of fused-ring (bicyclic) bond motifs is 1. The maximum Gasteiger partial charge on any atom is 0.254 e. The van der Waals surface area contributed by atoms with Crippen LogP contribution in [0.3, 0.4) is 0 Å². The van der Waals surface area contributed by atoms with E-state index in [9.17, 15) is 9.59 Å². The molecule has 2 rings (SSSR count). The van der Waals surface area contributed by atoms with E-state index in [2.05, 4.69) is 13.2 Å². The predicted molar refractivity (Wildman–Crippen MR) is 93.7 cm³/mol. The topological polar surface area (TPSA) is 40.6 Å². The molecule has 4 heteroatoms. The maximum atomic E-state index is 12.9. The minimum absolute atomic E-state index is 0.00958. The summed E-state index contributed by atoms with van der Waals surface area (Å²) in [4.78, 5) is 28.5. The molecule has 0 saturated carbocycles. The Labute approximate surface area is 138 Å². The van der Waals surface area contributed by atoms with E-state index >= 15 is 0 Å². The molecule has 2 amide bonds. The van der Waals surface area contributed by atoms with Gasteiger partial charge in [-0.05, 0) is 50.5 Å². The molecule has 0 saturated heterocycles. The van der Waals surface area contributed by atoms with E-state index in [0.717, 1.165) is 24.1 Å². The average Bonchev–Trinajstić information content (AvgIpc) is 2.57. The monoisotopic (exact) mass is 312 g/mol. The van der Waals surface area contributed by atoms with Gasteiger partial charge in [-0.3, -0.25) is 9.59 Å². The molecular weight excluding hydrogens is 288 g/mol.